The molecule has 2 saturated heterocycles. The van der Waals surface area contributed by atoms with Crippen LogP contribution in [0.1, 0.15) is 0 Å². The minimum Gasteiger partial charge on any atom is -0.353 e. The molecule has 0 unspecified atom stereocenters. The van der Waals surface area contributed by atoms with E-state index in [1.165, 1.54) is 23.5 Å². The van der Waals surface area contributed by atoms with Gasteiger partial charge in [0.2, 0.25) is 11.8 Å². The number of carbonyl (C=O) groups excluding carboxylic acids is 2. The molecule has 2 aliphatic heterocycles. The van der Waals surface area contributed by atoms with Crippen LogP contribution in [0.15, 0.2) is 18.2 Å². The second-order valence-corrected chi connectivity index (χ2v) is 6.83. The highest BCUT2D eigenvalue weighted by Crippen LogP contribution is 2.33. The van der Waals surface area contributed by atoms with Gasteiger partial charge in [-0.3, -0.25) is 9.59 Å². The molecule has 120 valence electrons. The van der Waals surface area contributed by atoms with Gasteiger partial charge < -0.3 is 15.1 Å². The van der Waals surface area contributed by atoms with E-state index in [1.807, 2.05) is 4.90 Å². The van der Waals surface area contributed by atoms with Crippen molar-refractivity contribution in [2.75, 3.05) is 37.6 Å². The number of fused-ring (bicyclic) bond motifs is 1. The van der Waals surface area contributed by atoms with Crippen molar-refractivity contribution in [1.29, 1.82) is 0 Å². The van der Waals surface area contributed by atoms with Gasteiger partial charge in [0, 0.05) is 26.2 Å². The van der Waals surface area contributed by atoms with Crippen LogP contribution in [-0.2, 0) is 9.59 Å². The molecule has 4 rings (SSSR count). The number of amides is 2. The van der Waals surface area contributed by atoms with Gasteiger partial charge in [0.05, 0.1) is 22.7 Å². The molecule has 2 aliphatic rings. The zero-order valence-electron chi connectivity index (χ0n) is 12.3. The number of aromatic nitrogens is 1. The van der Waals surface area contributed by atoms with Gasteiger partial charge in [0.25, 0.3) is 0 Å². The summed E-state index contributed by atoms with van der Waals surface area (Å²) in [6.45, 7) is 2.43. The fraction of sp³-hybridized carbons (Fsp3) is 0.400. The quantitative estimate of drug-likeness (QED) is 0.883. The Labute approximate surface area is 135 Å². The Morgan fingerprint density at radius 3 is 3.00 bits per heavy atom. The summed E-state index contributed by atoms with van der Waals surface area (Å²) in [6, 6.07) is 4.54. The molecule has 23 heavy (non-hydrogen) atoms. The van der Waals surface area contributed by atoms with Crippen LogP contribution in [0.25, 0.3) is 10.2 Å². The van der Waals surface area contributed by atoms with Gasteiger partial charge in [-0.05, 0) is 18.2 Å². The highest BCUT2D eigenvalue weighted by molar-refractivity contribution is 7.22. The van der Waals surface area contributed by atoms with E-state index in [1.54, 1.807) is 11.0 Å². The first kappa shape index (κ1) is 14.4. The molecule has 8 heteroatoms. The summed E-state index contributed by atoms with van der Waals surface area (Å²) in [7, 11) is 0. The van der Waals surface area contributed by atoms with Crippen LogP contribution in [0.5, 0.6) is 0 Å². The molecule has 0 bridgehead atoms. The number of benzene rings is 1. The van der Waals surface area contributed by atoms with Gasteiger partial charge in [-0.15, -0.1) is 0 Å². The van der Waals surface area contributed by atoms with Crippen molar-refractivity contribution in [3.63, 3.8) is 0 Å². The van der Waals surface area contributed by atoms with Crippen molar-refractivity contribution in [2.24, 2.45) is 5.92 Å². The van der Waals surface area contributed by atoms with Crippen molar-refractivity contribution >= 4 is 38.5 Å². The summed E-state index contributed by atoms with van der Waals surface area (Å²) in [5, 5.41) is 3.52. The lowest BCUT2D eigenvalue weighted by molar-refractivity contribution is -0.142. The summed E-state index contributed by atoms with van der Waals surface area (Å²) in [5.74, 6) is -0.436. The Bertz CT molecular complexity index is 787. The number of piperazine rings is 1. The van der Waals surface area contributed by atoms with E-state index in [2.05, 4.69) is 10.3 Å². The van der Waals surface area contributed by atoms with Crippen LogP contribution in [0.3, 0.4) is 0 Å². The highest BCUT2D eigenvalue weighted by atomic mass is 32.1. The molecule has 1 N–H and O–H groups in total. The first-order valence-electron chi connectivity index (χ1n) is 7.47. The standard InChI is InChI=1S/C15H15FN4O2S/c16-10-1-2-11-12(5-10)23-15(18-11)20-6-9(7-20)14(22)19-4-3-17-13(21)8-19/h1-2,5,9H,3-4,6-8H2,(H,17,21). The molecule has 0 spiro atoms. The lowest BCUT2D eigenvalue weighted by Crippen LogP contribution is -2.58. The molecule has 0 radical (unpaired) electrons. The summed E-state index contributed by atoms with van der Waals surface area (Å²) in [4.78, 5) is 31.9. The first-order valence-corrected chi connectivity index (χ1v) is 8.28. The fourth-order valence-corrected chi connectivity index (χ4v) is 3.91. The monoisotopic (exact) mass is 334 g/mol. The molecule has 2 fully saturated rings. The summed E-state index contributed by atoms with van der Waals surface area (Å²) < 4.78 is 14.0. The predicted octanol–water partition coefficient (Wildman–Crippen LogP) is 0.830. The molecule has 2 aromatic rings. The molecule has 3 heterocycles. The number of halogens is 1. The Balaban J connectivity index is 1.42. The first-order chi connectivity index (χ1) is 11.1. The average molecular weight is 334 g/mol. The van der Waals surface area contributed by atoms with E-state index < -0.39 is 0 Å². The van der Waals surface area contributed by atoms with Crippen LogP contribution in [0.2, 0.25) is 0 Å². The number of carbonyl (C=O) groups is 2. The van der Waals surface area contributed by atoms with Crippen molar-refractivity contribution in [3.8, 4) is 0 Å². The lowest BCUT2D eigenvalue weighted by Gasteiger charge is -2.41. The Morgan fingerprint density at radius 1 is 1.39 bits per heavy atom. The summed E-state index contributed by atoms with van der Waals surface area (Å²) in [5.41, 5.74) is 0.772. The second kappa shape index (κ2) is 5.45. The van der Waals surface area contributed by atoms with E-state index >= 15 is 0 Å². The minimum atomic E-state index is -0.271. The number of rotatable bonds is 2. The minimum absolute atomic E-state index is 0.0308. The largest absolute Gasteiger partial charge is 0.353 e. The zero-order chi connectivity index (χ0) is 16.0. The normalized spacial score (nSPS) is 18.9. The third kappa shape index (κ3) is 2.63. The molecular weight excluding hydrogens is 319 g/mol. The maximum atomic E-state index is 13.2. The lowest BCUT2D eigenvalue weighted by atomic mass is 9.99. The van der Waals surface area contributed by atoms with Gasteiger partial charge in [-0.25, -0.2) is 9.37 Å². The van der Waals surface area contributed by atoms with E-state index in [-0.39, 0.29) is 30.1 Å². The molecular formula is C15H15FN4O2S. The molecule has 1 aromatic carbocycles. The predicted molar refractivity (Wildman–Crippen MR) is 84.9 cm³/mol. The molecule has 1 aromatic heterocycles. The number of anilines is 1. The average Bonchev–Trinajstić information content (AvgIpc) is 2.88. The Morgan fingerprint density at radius 2 is 2.22 bits per heavy atom. The van der Waals surface area contributed by atoms with Crippen molar-refractivity contribution in [1.82, 2.24) is 15.2 Å². The molecule has 0 atom stereocenters. The maximum Gasteiger partial charge on any atom is 0.239 e. The second-order valence-electron chi connectivity index (χ2n) is 5.82. The van der Waals surface area contributed by atoms with E-state index in [4.69, 9.17) is 0 Å². The zero-order valence-corrected chi connectivity index (χ0v) is 13.1. The number of nitrogens with one attached hydrogen (secondary N) is 1. The van der Waals surface area contributed by atoms with Gasteiger partial charge in [-0.1, -0.05) is 11.3 Å². The number of hydrogen-bond donors (Lipinski definition) is 1. The Hall–Kier alpha value is -2.22. The number of nitrogens with zero attached hydrogens (tertiary/aromatic N) is 3. The summed E-state index contributed by atoms with van der Waals surface area (Å²) >= 11 is 1.43. The third-order valence-corrected chi connectivity index (χ3v) is 5.27. The van der Waals surface area contributed by atoms with Crippen molar-refractivity contribution in [2.45, 2.75) is 0 Å². The van der Waals surface area contributed by atoms with Crippen LogP contribution in [-0.4, -0.2) is 54.4 Å². The van der Waals surface area contributed by atoms with Crippen LogP contribution in [0.4, 0.5) is 9.52 Å². The van der Waals surface area contributed by atoms with Gasteiger partial charge in [0.15, 0.2) is 5.13 Å². The molecule has 6 nitrogen and oxygen atoms in total. The Kier molecular flexibility index (Phi) is 3.41. The SMILES string of the molecule is O=C1CN(C(=O)C2CN(c3nc4ccc(F)cc4s3)C2)CCN1. The van der Waals surface area contributed by atoms with Gasteiger partial charge in [-0.2, -0.15) is 0 Å². The molecule has 0 saturated carbocycles. The van der Waals surface area contributed by atoms with Gasteiger partial charge >= 0.3 is 0 Å². The van der Waals surface area contributed by atoms with Crippen molar-refractivity contribution < 1.29 is 14.0 Å². The van der Waals surface area contributed by atoms with Crippen LogP contribution < -0.4 is 10.2 Å². The molecule has 2 amide bonds. The van der Waals surface area contributed by atoms with Crippen molar-refractivity contribution in [3.05, 3.63) is 24.0 Å². The van der Waals surface area contributed by atoms with Crippen LogP contribution in [0, 0.1) is 11.7 Å². The topological polar surface area (TPSA) is 65.5 Å². The van der Waals surface area contributed by atoms with Crippen LogP contribution >= 0.6 is 11.3 Å². The smallest absolute Gasteiger partial charge is 0.239 e. The molecule has 0 aliphatic carbocycles. The van der Waals surface area contributed by atoms with Gasteiger partial charge in [0.1, 0.15) is 5.82 Å². The summed E-state index contributed by atoms with van der Waals surface area (Å²) in [6.07, 6.45) is 0. The van der Waals surface area contributed by atoms with E-state index in [9.17, 15) is 14.0 Å². The maximum absolute atomic E-state index is 13.2. The van der Waals surface area contributed by atoms with E-state index in [0.29, 0.717) is 26.2 Å². The highest BCUT2D eigenvalue weighted by Gasteiger charge is 2.37. The number of hydrogen-bond acceptors (Lipinski definition) is 5. The fourth-order valence-electron chi connectivity index (χ4n) is 2.90. The third-order valence-electron chi connectivity index (χ3n) is 4.19. The van der Waals surface area contributed by atoms with E-state index in [0.717, 1.165) is 15.3 Å². The number of thiazole rings is 1.